The van der Waals surface area contributed by atoms with E-state index in [2.05, 4.69) is 16.7 Å². The number of Topliss-reactive ketones (excluding diaryl/α,β-unsaturated/α-hetero) is 1. The van der Waals surface area contributed by atoms with Crippen LogP contribution in [0, 0.1) is 11.3 Å². The lowest BCUT2D eigenvalue weighted by Crippen LogP contribution is -2.66. The van der Waals surface area contributed by atoms with Crippen molar-refractivity contribution in [3.05, 3.63) is 111 Å². The maximum absolute atomic E-state index is 14.4. The number of ether oxygens (including phenoxy) is 2. The molecule has 2 aliphatic carbocycles. The zero-order valence-corrected chi connectivity index (χ0v) is 31.4. The summed E-state index contributed by atoms with van der Waals surface area (Å²) >= 11 is 6.23. The Labute approximate surface area is 317 Å². The largest absolute Gasteiger partial charge is 0.495 e. The van der Waals surface area contributed by atoms with Crippen molar-refractivity contribution < 1.29 is 33.8 Å². The van der Waals surface area contributed by atoms with Gasteiger partial charge in [0.05, 0.1) is 48.4 Å². The highest BCUT2D eigenvalue weighted by Gasteiger charge is 2.58. The highest BCUT2D eigenvalue weighted by Crippen LogP contribution is 2.42. The number of rotatable bonds is 15. The standard InChI is InChI=1S/C40H42ClN5O8/c1-6-30(46-22-31(53-5)29(20-34(46)48)28-19-26(41)14-13-25(28)21-42)36(49)43-32-16-15-27(37(50)51)35(44-38(52)39(17-18-39)45(3)4)40(32,33(47)7-2)54-23-24-11-9-8-10-12-24/h8-16,19-20,22,30,35H,6-7,17-18,23H2,1-5H3,(H,43,49)(H,44,52)(H,50,51)/t30?,35-,40?/m0/s1. The third-order valence-electron chi connectivity index (χ3n) is 10.1. The number of pyridine rings is 1. The Balaban J connectivity index is 1.61. The number of aliphatic carboxylic acids is 1. The third-order valence-corrected chi connectivity index (χ3v) is 10.3. The summed E-state index contributed by atoms with van der Waals surface area (Å²) in [6.45, 7) is 3.09. The molecule has 2 aromatic carbocycles. The number of carbonyl (C=O) groups is 4. The Morgan fingerprint density at radius 2 is 1.78 bits per heavy atom. The summed E-state index contributed by atoms with van der Waals surface area (Å²) in [5.74, 6) is -3.01. The summed E-state index contributed by atoms with van der Waals surface area (Å²) in [7, 11) is 4.87. The van der Waals surface area contributed by atoms with E-state index < -0.39 is 52.3 Å². The molecular formula is C40H42ClN5O8. The molecule has 0 saturated heterocycles. The average molecular weight is 756 g/mol. The highest BCUT2D eigenvalue weighted by atomic mass is 35.5. The summed E-state index contributed by atoms with van der Waals surface area (Å²) in [4.78, 5) is 70.9. The van der Waals surface area contributed by atoms with Crippen LogP contribution in [0.4, 0.5) is 0 Å². The van der Waals surface area contributed by atoms with Gasteiger partial charge in [0.25, 0.3) is 5.56 Å². The third kappa shape index (κ3) is 7.45. The molecule has 1 saturated carbocycles. The first-order valence-corrected chi connectivity index (χ1v) is 17.8. The number of nitrogens with one attached hydrogen (secondary N) is 2. The van der Waals surface area contributed by atoms with E-state index >= 15 is 0 Å². The van der Waals surface area contributed by atoms with Crippen LogP contribution in [-0.4, -0.2) is 76.5 Å². The number of carbonyl (C=O) groups excluding carboxylic acids is 3. The van der Waals surface area contributed by atoms with E-state index in [-0.39, 0.29) is 42.0 Å². The Kier molecular flexibility index (Phi) is 11.9. The predicted molar refractivity (Wildman–Crippen MR) is 201 cm³/mol. The number of nitriles is 1. The van der Waals surface area contributed by atoms with Crippen molar-refractivity contribution in [3.63, 3.8) is 0 Å². The lowest BCUT2D eigenvalue weighted by Gasteiger charge is -2.44. The average Bonchev–Trinajstić information content (AvgIpc) is 3.98. The van der Waals surface area contributed by atoms with Crippen molar-refractivity contribution in [1.29, 1.82) is 5.26 Å². The number of halogens is 1. The number of benzene rings is 2. The number of hydrogen-bond acceptors (Lipinski definition) is 9. The number of hydrogen-bond donors (Lipinski definition) is 3. The van der Waals surface area contributed by atoms with Crippen molar-refractivity contribution in [2.45, 2.75) is 69.4 Å². The van der Waals surface area contributed by atoms with Crippen LogP contribution in [0.5, 0.6) is 5.75 Å². The van der Waals surface area contributed by atoms with E-state index in [0.29, 0.717) is 34.6 Å². The molecule has 1 heterocycles. The van der Waals surface area contributed by atoms with E-state index in [9.17, 15) is 34.3 Å². The van der Waals surface area contributed by atoms with Gasteiger partial charge in [-0.1, -0.05) is 55.8 Å². The predicted octanol–water partition coefficient (Wildman–Crippen LogP) is 4.54. The van der Waals surface area contributed by atoms with Gasteiger partial charge in [-0.2, -0.15) is 5.26 Å². The number of methoxy groups -OCH3 is 1. The highest BCUT2D eigenvalue weighted by molar-refractivity contribution is 6.31. The van der Waals surface area contributed by atoms with Gasteiger partial charge in [-0.25, -0.2) is 4.79 Å². The fourth-order valence-corrected chi connectivity index (χ4v) is 7.00. The molecular weight excluding hydrogens is 714 g/mol. The van der Waals surface area contributed by atoms with Crippen LogP contribution in [0.1, 0.15) is 56.7 Å². The Bertz CT molecular complexity index is 2130. The second-order valence-corrected chi connectivity index (χ2v) is 13.8. The Morgan fingerprint density at radius 1 is 1.07 bits per heavy atom. The van der Waals surface area contributed by atoms with Gasteiger partial charge >= 0.3 is 5.97 Å². The molecule has 3 N–H and O–H groups in total. The molecule has 1 fully saturated rings. The number of aromatic nitrogens is 1. The lowest BCUT2D eigenvalue weighted by molar-refractivity contribution is -0.149. The second-order valence-electron chi connectivity index (χ2n) is 13.3. The van der Waals surface area contributed by atoms with Gasteiger partial charge in [0.2, 0.25) is 11.8 Å². The summed E-state index contributed by atoms with van der Waals surface area (Å²) in [6.07, 6.45) is 4.88. The van der Waals surface area contributed by atoms with Gasteiger partial charge < -0.3 is 25.2 Å². The lowest BCUT2D eigenvalue weighted by atomic mass is 9.76. The van der Waals surface area contributed by atoms with Gasteiger partial charge in [0, 0.05) is 28.6 Å². The fraction of sp³-hybridized carbons (Fsp3) is 0.350. The van der Waals surface area contributed by atoms with Gasteiger partial charge in [-0.05, 0) is 69.3 Å². The molecule has 0 aliphatic heterocycles. The molecule has 0 spiro atoms. The number of likely N-dealkylation sites (N-methyl/N-ethyl adjacent to an activating group) is 1. The smallest absolute Gasteiger partial charge is 0.333 e. The number of amides is 2. The monoisotopic (exact) mass is 755 g/mol. The topological polar surface area (TPSA) is 180 Å². The van der Waals surface area contributed by atoms with Crippen LogP contribution >= 0.6 is 11.6 Å². The molecule has 14 heteroatoms. The number of ketones is 1. The minimum atomic E-state index is -2.20. The summed E-state index contributed by atoms with van der Waals surface area (Å²) in [6, 6.07) is 14.1. The quantitative estimate of drug-likeness (QED) is 0.199. The molecule has 2 amide bonds. The van der Waals surface area contributed by atoms with Crippen LogP contribution in [0.2, 0.25) is 5.02 Å². The van der Waals surface area contributed by atoms with Crippen LogP contribution in [0.3, 0.4) is 0 Å². The maximum Gasteiger partial charge on any atom is 0.333 e. The van der Waals surface area contributed by atoms with Crippen molar-refractivity contribution in [2.75, 3.05) is 21.2 Å². The summed E-state index contributed by atoms with van der Waals surface area (Å²) in [5.41, 5.74) is -2.56. The zero-order valence-electron chi connectivity index (χ0n) is 30.6. The number of carboxylic acid groups (broad SMARTS) is 1. The Hall–Kier alpha value is -5.55. The van der Waals surface area contributed by atoms with Crippen molar-refractivity contribution >= 4 is 35.2 Å². The number of carboxylic acids is 1. The molecule has 54 heavy (non-hydrogen) atoms. The van der Waals surface area contributed by atoms with Crippen LogP contribution in [0.15, 0.2) is 89.0 Å². The minimum Gasteiger partial charge on any atom is -0.495 e. The normalized spacial score (nSPS) is 19.1. The molecule has 3 atom stereocenters. The van der Waals surface area contributed by atoms with E-state index in [4.69, 9.17) is 21.1 Å². The van der Waals surface area contributed by atoms with Gasteiger partial charge in [-0.15, -0.1) is 0 Å². The van der Waals surface area contributed by atoms with Gasteiger partial charge in [0.15, 0.2) is 11.4 Å². The zero-order chi connectivity index (χ0) is 39.4. The summed E-state index contributed by atoms with van der Waals surface area (Å²) in [5, 5.41) is 26.1. The first-order chi connectivity index (χ1) is 25.8. The minimum absolute atomic E-state index is 0.101. The fourth-order valence-electron chi connectivity index (χ4n) is 6.83. The van der Waals surface area contributed by atoms with Crippen LogP contribution < -0.4 is 20.9 Å². The summed E-state index contributed by atoms with van der Waals surface area (Å²) < 4.78 is 13.3. The molecule has 1 aromatic heterocycles. The molecule has 2 unspecified atom stereocenters. The van der Waals surface area contributed by atoms with E-state index in [1.54, 1.807) is 75.3 Å². The van der Waals surface area contributed by atoms with E-state index in [0.717, 1.165) is 0 Å². The van der Waals surface area contributed by atoms with Crippen molar-refractivity contribution in [1.82, 2.24) is 20.1 Å². The molecule has 0 radical (unpaired) electrons. The van der Waals surface area contributed by atoms with E-state index in [1.807, 2.05) is 0 Å². The molecule has 13 nitrogen and oxygen atoms in total. The Morgan fingerprint density at radius 3 is 2.35 bits per heavy atom. The second kappa shape index (κ2) is 16.2. The number of nitrogens with zero attached hydrogens (tertiary/aromatic N) is 3. The van der Waals surface area contributed by atoms with Gasteiger partial charge in [-0.3, -0.25) is 28.6 Å². The van der Waals surface area contributed by atoms with Crippen molar-refractivity contribution in [2.24, 2.45) is 0 Å². The molecule has 3 aromatic rings. The molecule has 0 bridgehead atoms. The van der Waals surface area contributed by atoms with Crippen molar-refractivity contribution in [3.8, 4) is 22.9 Å². The molecule has 282 valence electrons. The first-order valence-electron chi connectivity index (χ1n) is 17.4. The molecule has 5 rings (SSSR count). The van der Waals surface area contributed by atoms with Gasteiger partial charge in [0.1, 0.15) is 17.8 Å². The molecule has 2 aliphatic rings. The maximum atomic E-state index is 14.4. The van der Waals surface area contributed by atoms with Crippen LogP contribution in [-0.2, 0) is 30.5 Å². The number of allylic oxidation sites excluding steroid dienone is 2. The van der Waals surface area contributed by atoms with Crippen LogP contribution in [0.25, 0.3) is 11.1 Å². The van der Waals surface area contributed by atoms with E-state index in [1.165, 1.54) is 42.2 Å². The SMILES string of the molecule is CCC(=O)C1(OCc2ccccc2)C(NC(=O)C(CC)n2cc(OC)c(-c3cc(Cl)ccc3C#N)cc2=O)=CC=C(C(=O)O)[C@@H]1NC(=O)C1(N(C)C)CC1. The first kappa shape index (κ1) is 39.7.